The maximum atomic E-state index is 13.4. The lowest BCUT2D eigenvalue weighted by atomic mass is 10.1. The Balaban J connectivity index is 2.01. The summed E-state index contributed by atoms with van der Waals surface area (Å²) in [6.45, 7) is 2.43. The Kier molecular flexibility index (Phi) is 5.33. The van der Waals surface area contributed by atoms with Gasteiger partial charge >= 0.3 is 0 Å². The van der Waals surface area contributed by atoms with Gasteiger partial charge in [0.2, 0.25) is 0 Å². The Hall–Kier alpha value is -1.88. The molecule has 2 rings (SSSR count). The summed E-state index contributed by atoms with van der Waals surface area (Å²) in [6, 6.07) is 12.9. The number of halogens is 2. The average Bonchev–Trinajstić information content (AvgIpc) is 2.48. The minimum absolute atomic E-state index is 0.301. The summed E-state index contributed by atoms with van der Waals surface area (Å²) in [5.41, 5.74) is 8.74. The van der Waals surface area contributed by atoms with Crippen molar-refractivity contribution in [1.29, 1.82) is 0 Å². The lowest BCUT2D eigenvalue weighted by Crippen LogP contribution is -2.22. The van der Waals surface area contributed by atoms with Crippen LogP contribution >= 0.6 is 15.9 Å². The SMILES string of the molecule is CCc1cccc(NC(N)=NCc2ccc(Br)c(F)c2)c1. The first-order chi connectivity index (χ1) is 10.1. The summed E-state index contributed by atoms with van der Waals surface area (Å²) in [5, 5.41) is 3.04. The van der Waals surface area contributed by atoms with E-state index in [-0.39, 0.29) is 5.82 Å². The molecule has 0 bridgehead atoms. The summed E-state index contributed by atoms with van der Waals surface area (Å²) >= 11 is 3.12. The molecule has 0 atom stereocenters. The van der Waals surface area contributed by atoms with Crippen LogP contribution in [-0.4, -0.2) is 5.96 Å². The van der Waals surface area contributed by atoms with Gasteiger partial charge in [0.15, 0.2) is 5.96 Å². The van der Waals surface area contributed by atoms with Crippen LogP contribution in [0.3, 0.4) is 0 Å². The molecule has 0 heterocycles. The first-order valence-corrected chi connectivity index (χ1v) is 7.47. The van der Waals surface area contributed by atoms with Crippen LogP contribution in [0.25, 0.3) is 0 Å². The summed E-state index contributed by atoms with van der Waals surface area (Å²) in [7, 11) is 0. The number of benzene rings is 2. The second-order valence-corrected chi connectivity index (χ2v) is 5.48. The van der Waals surface area contributed by atoms with Gasteiger partial charge in [-0.1, -0.05) is 25.1 Å². The first-order valence-electron chi connectivity index (χ1n) is 6.68. The Bertz CT molecular complexity index is 656. The van der Waals surface area contributed by atoms with Gasteiger partial charge in [0.05, 0.1) is 11.0 Å². The smallest absolute Gasteiger partial charge is 0.193 e. The van der Waals surface area contributed by atoms with Crippen LogP contribution in [0.5, 0.6) is 0 Å². The molecule has 0 amide bonds. The summed E-state index contributed by atoms with van der Waals surface area (Å²) in [5.74, 6) is 0.0106. The minimum Gasteiger partial charge on any atom is -0.370 e. The summed E-state index contributed by atoms with van der Waals surface area (Å²) in [6.07, 6.45) is 0.963. The highest BCUT2D eigenvalue weighted by Crippen LogP contribution is 2.17. The standard InChI is InChI=1S/C16H17BrFN3/c1-2-11-4-3-5-13(8-11)21-16(19)20-10-12-6-7-14(17)15(18)9-12/h3-9H,2,10H2,1H3,(H3,19,20,21). The molecule has 21 heavy (non-hydrogen) atoms. The van der Waals surface area contributed by atoms with E-state index in [2.05, 4.69) is 39.2 Å². The Morgan fingerprint density at radius 2 is 2.05 bits per heavy atom. The quantitative estimate of drug-likeness (QED) is 0.645. The van der Waals surface area contributed by atoms with Crippen LogP contribution in [-0.2, 0) is 13.0 Å². The van der Waals surface area contributed by atoms with Crippen molar-refractivity contribution in [1.82, 2.24) is 0 Å². The van der Waals surface area contributed by atoms with Gasteiger partial charge in [-0.25, -0.2) is 9.38 Å². The van der Waals surface area contributed by atoms with E-state index in [4.69, 9.17) is 5.73 Å². The predicted octanol–water partition coefficient (Wildman–Crippen LogP) is 4.08. The van der Waals surface area contributed by atoms with Crippen molar-refractivity contribution < 1.29 is 4.39 Å². The molecular weight excluding hydrogens is 333 g/mol. The van der Waals surface area contributed by atoms with E-state index >= 15 is 0 Å². The molecule has 0 radical (unpaired) electrons. The number of anilines is 1. The number of aryl methyl sites for hydroxylation is 1. The summed E-state index contributed by atoms with van der Waals surface area (Å²) in [4.78, 5) is 4.22. The molecule has 0 unspecified atom stereocenters. The molecule has 5 heteroatoms. The fraction of sp³-hybridized carbons (Fsp3) is 0.188. The van der Waals surface area contributed by atoms with Gasteiger partial charge in [-0.15, -0.1) is 0 Å². The Labute approximate surface area is 132 Å². The Morgan fingerprint density at radius 1 is 1.24 bits per heavy atom. The van der Waals surface area contributed by atoms with E-state index in [9.17, 15) is 4.39 Å². The van der Waals surface area contributed by atoms with Crippen LogP contribution in [0.15, 0.2) is 51.9 Å². The average molecular weight is 350 g/mol. The lowest BCUT2D eigenvalue weighted by molar-refractivity contribution is 0.619. The third kappa shape index (κ3) is 4.56. The van der Waals surface area contributed by atoms with Crippen LogP contribution in [0.1, 0.15) is 18.1 Å². The van der Waals surface area contributed by atoms with Gasteiger partial charge in [-0.3, -0.25) is 0 Å². The van der Waals surface area contributed by atoms with Crippen molar-refractivity contribution in [3.63, 3.8) is 0 Å². The molecule has 0 saturated heterocycles. The molecule has 2 aromatic rings. The van der Waals surface area contributed by atoms with E-state index in [1.54, 1.807) is 6.07 Å². The number of hydrogen-bond acceptors (Lipinski definition) is 1. The van der Waals surface area contributed by atoms with E-state index < -0.39 is 0 Å². The van der Waals surface area contributed by atoms with Crippen LogP contribution in [0.2, 0.25) is 0 Å². The minimum atomic E-state index is -0.301. The number of nitrogens with one attached hydrogen (secondary N) is 1. The molecule has 0 aliphatic rings. The second-order valence-electron chi connectivity index (χ2n) is 4.63. The molecule has 2 aromatic carbocycles. The number of nitrogens with zero attached hydrogens (tertiary/aromatic N) is 1. The van der Waals surface area contributed by atoms with Gasteiger partial charge < -0.3 is 11.1 Å². The highest BCUT2D eigenvalue weighted by molar-refractivity contribution is 9.10. The molecule has 0 fully saturated rings. The van der Waals surface area contributed by atoms with Gasteiger partial charge in [0.25, 0.3) is 0 Å². The molecule has 0 saturated carbocycles. The zero-order valence-electron chi connectivity index (χ0n) is 11.7. The first kappa shape index (κ1) is 15.5. The van der Waals surface area contributed by atoms with Gasteiger partial charge in [0.1, 0.15) is 5.82 Å². The molecule has 110 valence electrons. The van der Waals surface area contributed by atoms with Crippen LogP contribution < -0.4 is 11.1 Å². The number of guanidine groups is 1. The fourth-order valence-electron chi connectivity index (χ4n) is 1.87. The third-order valence-corrected chi connectivity index (χ3v) is 3.67. The highest BCUT2D eigenvalue weighted by Gasteiger charge is 2.01. The fourth-order valence-corrected chi connectivity index (χ4v) is 2.12. The van der Waals surface area contributed by atoms with E-state index in [1.165, 1.54) is 11.6 Å². The molecular formula is C16H17BrFN3. The van der Waals surface area contributed by atoms with Crippen molar-refractivity contribution in [2.24, 2.45) is 10.7 Å². The van der Waals surface area contributed by atoms with Crippen LogP contribution in [0, 0.1) is 5.82 Å². The van der Waals surface area contributed by atoms with Crippen molar-refractivity contribution in [3.05, 3.63) is 63.9 Å². The van der Waals surface area contributed by atoms with Crippen molar-refractivity contribution in [3.8, 4) is 0 Å². The molecule has 0 aliphatic heterocycles. The topological polar surface area (TPSA) is 50.4 Å². The normalized spacial score (nSPS) is 11.5. The highest BCUT2D eigenvalue weighted by atomic mass is 79.9. The number of hydrogen-bond donors (Lipinski definition) is 2. The largest absolute Gasteiger partial charge is 0.370 e. The zero-order chi connectivity index (χ0) is 15.2. The monoisotopic (exact) mass is 349 g/mol. The summed E-state index contributed by atoms with van der Waals surface area (Å²) < 4.78 is 13.8. The second kappa shape index (κ2) is 7.22. The van der Waals surface area contributed by atoms with Crippen molar-refractivity contribution in [2.45, 2.75) is 19.9 Å². The number of nitrogens with two attached hydrogens (primary N) is 1. The molecule has 0 aromatic heterocycles. The van der Waals surface area contributed by atoms with Crippen LogP contribution in [0.4, 0.5) is 10.1 Å². The van der Waals surface area contributed by atoms with Crippen molar-refractivity contribution in [2.75, 3.05) is 5.32 Å². The predicted molar refractivity (Wildman–Crippen MR) is 88.9 cm³/mol. The molecule has 3 N–H and O–H groups in total. The van der Waals surface area contributed by atoms with E-state index in [0.29, 0.717) is 17.0 Å². The number of aliphatic imine (C=N–C) groups is 1. The Morgan fingerprint density at radius 3 is 2.76 bits per heavy atom. The molecule has 0 spiro atoms. The van der Waals surface area contributed by atoms with Gasteiger partial charge in [0, 0.05) is 5.69 Å². The molecule has 0 aliphatic carbocycles. The van der Waals surface area contributed by atoms with Gasteiger partial charge in [-0.2, -0.15) is 0 Å². The zero-order valence-corrected chi connectivity index (χ0v) is 13.3. The van der Waals surface area contributed by atoms with Crippen molar-refractivity contribution >= 4 is 27.6 Å². The maximum Gasteiger partial charge on any atom is 0.193 e. The lowest BCUT2D eigenvalue weighted by Gasteiger charge is -2.07. The third-order valence-electron chi connectivity index (χ3n) is 3.02. The maximum absolute atomic E-state index is 13.4. The number of rotatable bonds is 4. The van der Waals surface area contributed by atoms with E-state index in [1.807, 2.05) is 24.3 Å². The van der Waals surface area contributed by atoms with E-state index in [0.717, 1.165) is 17.7 Å². The molecule has 3 nitrogen and oxygen atoms in total. The van der Waals surface area contributed by atoms with Gasteiger partial charge in [-0.05, 0) is 57.7 Å².